The van der Waals surface area contributed by atoms with Crippen LogP contribution in [0, 0.1) is 0 Å². The first-order valence-corrected chi connectivity index (χ1v) is 5.09. The molecular weight excluding hydrogens is 186 g/mol. The van der Waals surface area contributed by atoms with Gasteiger partial charge in [-0.2, -0.15) is 0 Å². The number of hydrogen-bond acceptors (Lipinski definition) is 3. The Morgan fingerprint density at radius 3 is 2.85 bits per heavy atom. The second kappa shape index (κ2) is 4.11. The van der Waals surface area contributed by atoms with Crippen LogP contribution in [0.4, 0.5) is 0 Å². The van der Waals surface area contributed by atoms with Crippen molar-refractivity contribution >= 4 is 16.9 Å². The molecule has 72 valence electrons. The fourth-order valence-electron chi connectivity index (χ4n) is 1.75. The number of likely N-dealkylation sites (tertiary alicyclic amines) is 1. The van der Waals surface area contributed by atoms with Gasteiger partial charge in [0.05, 0.1) is 6.54 Å². The Morgan fingerprint density at radius 2 is 2.23 bits per heavy atom. The van der Waals surface area contributed by atoms with Crippen LogP contribution < -0.4 is 5.32 Å². The van der Waals surface area contributed by atoms with Crippen LogP contribution in [0.3, 0.4) is 0 Å². The highest BCUT2D eigenvalue weighted by Gasteiger charge is 2.14. The van der Waals surface area contributed by atoms with Crippen LogP contribution in [0.25, 0.3) is 0 Å². The lowest BCUT2D eigenvalue weighted by Crippen LogP contribution is -2.27. The highest BCUT2D eigenvalue weighted by Crippen LogP contribution is 2.11. The average Bonchev–Trinajstić information content (AvgIpc) is 2.62. The van der Waals surface area contributed by atoms with Crippen LogP contribution >= 0.6 is 11.6 Å². The highest BCUT2D eigenvalue weighted by atomic mass is 35.5. The summed E-state index contributed by atoms with van der Waals surface area (Å²) in [6, 6.07) is 0. The molecule has 0 spiro atoms. The van der Waals surface area contributed by atoms with E-state index in [-0.39, 0.29) is 0 Å². The maximum atomic E-state index is 5.68. The zero-order chi connectivity index (χ0) is 9.10. The summed E-state index contributed by atoms with van der Waals surface area (Å²) in [5, 5.41) is 3.44. The molecule has 13 heavy (non-hydrogen) atoms. The molecule has 0 amide bonds. The van der Waals surface area contributed by atoms with Crippen molar-refractivity contribution in [3.05, 3.63) is 11.8 Å². The fraction of sp³-hybridized carbons (Fsp3) is 0.667. The van der Waals surface area contributed by atoms with Crippen LogP contribution in [0.15, 0.2) is 16.8 Å². The van der Waals surface area contributed by atoms with Crippen molar-refractivity contribution in [3.8, 4) is 0 Å². The van der Waals surface area contributed by atoms with Crippen molar-refractivity contribution in [2.24, 2.45) is 4.99 Å². The molecule has 2 heterocycles. The standard InChI is InChI=1S/C9H14ClN3/c10-9-11-5-8(6-12-9)7-13-3-1-2-4-13/h5H,1-4,6-7H2,(H,11,12). The molecule has 0 radical (unpaired) electrons. The minimum absolute atomic E-state index is 0.505. The molecule has 2 aliphatic rings. The second-order valence-electron chi connectivity index (χ2n) is 3.54. The molecule has 2 rings (SSSR count). The Kier molecular flexibility index (Phi) is 2.86. The first-order valence-electron chi connectivity index (χ1n) is 4.71. The van der Waals surface area contributed by atoms with E-state index in [1.165, 1.54) is 31.5 Å². The molecule has 1 saturated heterocycles. The summed E-state index contributed by atoms with van der Waals surface area (Å²) in [5.74, 6) is 0. The summed E-state index contributed by atoms with van der Waals surface area (Å²) in [6.45, 7) is 4.26. The summed E-state index contributed by atoms with van der Waals surface area (Å²) in [4.78, 5) is 6.59. The molecule has 0 unspecified atom stereocenters. The van der Waals surface area contributed by atoms with Crippen molar-refractivity contribution in [1.29, 1.82) is 0 Å². The van der Waals surface area contributed by atoms with Gasteiger partial charge < -0.3 is 5.32 Å². The molecule has 1 fully saturated rings. The van der Waals surface area contributed by atoms with E-state index >= 15 is 0 Å². The molecular formula is C9H14ClN3. The van der Waals surface area contributed by atoms with Crippen molar-refractivity contribution in [2.45, 2.75) is 12.8 Å². The lowest BCUT2D eigenvalue weighted by atomic mass is 10.2. The zero-order valence-corrected chi connectivity index (χ0v) is 8.35. The summed E-state index contributed by atoms with van der Waals surface area (Å²) in [6.07, 6.45) is 4.66. The minimum Gasteiger partial charge on any atom is -0.337 e. The summed E-state index contributed by atoms with van der Waals surface area (Å²) in [7, 11) is 0. The maximum Gasteiger partial charge on any atom is 0.195 e. The van der Waals surface area contributed by atoms with Crippen LogP contribution in [0.1, 0.15) is 12.8 Å². The molecule has 0 saturated carbocycles. The van der Waals surface area contributed by atoms with Crippen LogP contribution in [-0.4, -0.2) is 36.4 Å². The van der Waals surface area contributed by atoms with Gasteiger partial charge in [0.15, 0.2) is 5.29 Å². The Labute approximate surface area is 83.5 Å². The Balaban J connectivity index is 1.82. The van der Waals surface area contributed by atoms with Crippen molar-refractivity contribution < 1.29 is 0 Å². The summed E-state index contributed by atoms with van der Waals surface area (Å²) >= 11 is 5.68. The molecule has 0 aromatic heterocycles. The number of hydrogen-bond donors (Lipinski definition) is 1. The van der Waals surface area contributed by atoms with E-state index in [0.29, 0.717) is 5.29 Å². The number of amidine groups is 1. The maximum absolute atomic E-state index is 5.68. The van der Waals surface area contributed by atoms with Gasteiger partial charge in [0.1, 0.15) is 0 Å². The van der Waals surface area contributed by atoms with Gasteiger partial charge in [0.2, 0.25) is 0 Å². The SMILES string of the molecule is ClC1=NCC(CN2CCCC2)=CN1. The molecule has 0 bridgehead atoms. The van der Waals surface area contributed by atoms with Gasteiger partial charge in [-0.05, 0) is 43.1 Å². The molecule has 0 aliphatic carbocycles. The number of aliphatic imine (C=N–C) groups is 1. The fourth-order valence-corrected chi connectivity index (χ4v) is 1.86. The third kappa shape index (κ3) is 2.45. The quantitative estimate of drug-likeness (QED) is 0.677. The Morgan fingerprint density at radius 1 is 1.46 bits per heavy atom. The van der Waals surface area contributed by atoms with E-state index in [1.54, 1.807) is 0 Å². The van der Waals surface area contributed by atoms with Gasteiger partial charge in [0, 0.05) is 12.7 Å². The van der Waals surface area contributed by atoms with E-state index in [2.05, 4.69) is 15.2 Å². The molecule has 0 atom stereocenters. The molecule has 4 heteroatoms. The van der Waals surface area contributed by atoms with Crippen molar-refractivity contribution in [2.75, 3.05) is 26.2 Å². The number of halogens is 1. The first kappa shape index (κ1) is 9.03. The predicted molar refractivity (Wildman–Crippen MR) is 55.0 cm³/mol. The predicted octanol–water partition coefficient (Wildman–Crippen LogP) is 1.16. The van der Waals surface area contributed by atoms with Crippen LogP contribution in [0.5, 0.6) is 0 Å². The molecule has 1 N–H and O–H groups in total. The van der Waals surface area contributed by atoms with Crippen LogP contribution in [-0.2, 0) is 0 Å². The lowest BCUT2D eigenvalue weighted by molar-refractivity contribution is 0.366. The third-order valence-electron chi connectivity index (χ3n) is 2.44. The first-order chi connectivity index (χ1) is 6.34. The highest BCUT2D eigenvalue weighted by molar-refractivity contribution is 6.64. The monoisotopic (exact) mass is 199 g/mol. The van der Waals surface area contributed by atoms with Gasteiger partial charge in [-0.3, -0.25) is 9.89 Å². The van der Waals surface area contributed by atoms with E-state index < -0.39 is 0 Å². The smallest absolute Gasteiger partial charge is 0.195 e. The minimum atomic E-state index is 0.505. The number of nitrogens with zero attached hydrogens (tertiary/aromatic N) is 2. The van der Waals surface area contributed by atoms with E-state index in [0.717, 1.165) is 13.1 Å². The van der Waals surface area contributed by atoms with Crippen LogP contribution in [0.2, 0.25) is 0 Å². The number of rotatable bonds is 2. The Hall–Kier alpha value is -0.540. The second-order valence-corrected chi connectivity index (χ2v) is 3.90. The van der Waals surface area contributed by atoms with E-state index in [4.69, 9.17) is 11.6 Å². The normalized spacial score (nSPS) is 23.8. The van der Waals surface area contributed by atoms with Gasteiger partial charge >= 0.3 is 0 Å². The van der Waals surface area contributed by atoms with E-state index in [1.807, 2.05) is 6.20 Å². The Bertz CT molecular complexity index is 241. The summed E-state index contributed by atoms with van der Waals surface area (Å²) in [5.41, 5.74) is 1.33. The average molecular weight is 200 g/mol. The summed E-state index contributed by atoms with van der Waals surface area (Å²) < 4.78 is 0. The topological polar surface area (TPSA) is 27.6 Å². The largest absolute Gasteiger partial charge is 0.337 e. The van der Waals surface area contributed by atoms with Crippen molar-refractivity contribution in [3.63, 3.8) is 0 Å². The molecule has 0 aromatic carbocycles. The molecule has 2 aliphatic heterocycles. The van der Waals surface area contributed by atoms with Gasteiger partial charge in [-0.15, -0.1) is 0 Å². The van der Waals surface area contributed by atoms with Gasteiger partial charge in [-0.25, -0.2) is 0 Å². The van der Waals surface area contributed by atoms with E-state index in [9.17, 15) is 0 Å². The van der Waals surface area contributed by atoms with Gasteiger partial charge in [0.25, 0.3) is 0 Å². The van der Waals surface area contributed by atoms with Crippen molar-refractivity contribution in [1.82, 2.24) is 10.2 Å². The molecule has 3 nitrogen and oxygen atoms in total. The zero-order valence-electron chi connectivity index (χ0n) is 7.59. The lowest BCUT2D eigenvalue weighted by Gasteiger charge is -2.18. The third-order valence-corrected chi connectivity index (χ3v) is 2.67. The molecule has 0 aromatic rings. The van der Waals surface area contributed by atoms with Gasteiger partial charge in [-0.1, -0.05) is 0 Å². The number of nitrogens with one attached hydrogen (secondary N) is 1.